The fourth-order valence-electron chi connectivity index (χ4n) is 2.93. The highest BCUT2D eigenvalue weighted by molar-refractivity contribution is 5.97. The molecule has 0 aliphatic heterocycles. The van der Waals surface area contributed by atoms with Gasteiger partial charge in [0.05, 0.1) is 5.52 Å². The lowest BCUT2D eigenvalue weighted by molar-refractivity contribution is 0.0949. The van der Waals surface area contributed by atoms with E-state index in [9.17, 15) is 9.59 Å². The van der Waals surface area contributed by atoms with Crippen molar-refractivity contribution >= 4 is 16.8 Å². The molecule has 1 N–H and O–H groups in total. The standard InChI is InChI=1S/C20H16N4O3/c1-24-17-5-3-2-4-15(17)10-16(20(24)26)19(25)21-11-13-6-8-14(9-7-13)18-22-12-27-23-18/h2-10,12H,11H2,1H3,(H,21,25). The molecule has 7 heteroatoms. The summed E-state index contributed by atoms with van der Waals surface area (Å²) in [6.45, 7) is 0.307. The van der Waals surface area contributed by atoms with Crippen molar-refractivity contribution in [3.8, 4) is 11.4 Å². The first-order chi connectivity index (χ1) is 13.1. The van der Waals surface area contributed by atoms with Crippen LogP contribution < -0.4 is 10.9 Å². The second-order valence-corrected chi connectivity index (χ2v) is 6.12. The number of carbonyl (C=O) groups excluding carboxylic acids is 1. The van der Waals surface area contributed by atoms with Crippen LogP contribution in [0.2, 0.25) is 0 Å². The van der Waals surface area contributed by atoms with E-state index in [1.807, 2.05) is 48.5 Å². The Morgan fingerprint density at radius 3 is 2.67 bits per heavy atom. The summed E-state index contributed by atoms with van der Waals surface area (Å²) in [6.07, 6.45) is 1.27. The fraction of sp³-hybridized carbons (Fsp3) is 0.100. The number of nitrogens with one attached hydrogen (secondary N) is 1. The van der Waals surface area contributed by atoms with Crippen molar-refractivity contribution in [1.29, 1.82) is 0 Å². The molecule has 27 heavy (non-hydrogen) atoms. The topological polar surface area (TPSA) is 90.0 Å². The summed E-state index contributed by atoms with van der Waals surface area (Å²) in [4.78, 5) is 29.0. The second-order valence-electron chi connectivity index (χ2n) is 6.12. The Balaban J connectivity index is 1.52. The summed E-state index contributed by atoms with van der Waals surface area (Å²) in [7, 11) is 1.66. The predicted molar refractivity (Wildman–Crippen MR) is 100 cm³/mol. The van der Waals surface area contributed by atoms with Crippen molar-refractivity contribution in [2.45, 2.75) is 6.54 Å². The highest BCUT2D eigenvalue weighted by Gasteiger charge is 2.14. The highest BCUT2D eigenvalue weighted by atomic mass is 16.5. The molecule has 0 atom stereocenters. The second kappa shape index (κ2) is 6.87. The van der Waals surface area contributed by atoms with Gasteiger partial charge in [0.15, 0.2) is 0 Å². The van der Waals surface area contributed by atoms with Crippen molar-refractivity contribution in [3.63, 3.8) is 0 Å². The number of para-hydroxylation sites is 1. The molecule has 1 amide bonds. The molecule has 0 aliphatic carbocycles. The molecule has 0 spiro atoms. The maximum atomic E-state index is 12.5. The van der Waals surface area contributed by atoms with E-state index in [4.69, 9.17) is 4.52 Å². The normalized spacial score (nSPS) is 10.9. The Labute approximate surface area is 154 Å². The summed E-state index contributed by atoms with van der Waals surface area (Å²) in [5.74, 6) is 0.105. The first-order valence-corrected chi connectivity index (χ1v) is 8.36. The summed E-state index contributed by atoms with van der Waals surface area (Å²) in [6, 6.07) is 16.5. The summed E-state index contributed by atoms with van der Waals surface area (Å²) in [5.41, 5.74) is 2.31. The number of aromatic nitrogens is 3. The maximum absolute atomic E-state index is 12.5. The molecule has 0 saturated heterocycles. The number of pyridine rings is 1. The fourth-order valence-corrected chi connectivity index (χ4v) is 2.93. The van der Waals surface area contributed by atoms with E-state index >= 15 is 0 Å². The lowest BCUT2D eigenvalue weighted by Crippen LogP contribution is -2.32. The zero-order valence-electron chi connectivity index (χ0n) is 14.5. The molecule has 0 fully saturated rings. The number of nitrogens with zero attached hydrogens (tertiary/aromatic N) is 3. The number of amides is 1. The average Bonchev–Trinajstić information content (AvgIpc) is 3.24. The summed E-state index contributed by atoms with van der Waals surface area (Å²) >= 11 is 0. The largest absolute Gasteiger partial charge is 0.348 e. The molecule has 0 aliphatic rings. The first-order valence-electron chi connectivity index (χ1n) is 8.36. The average molecular weight is 360 g/mol. The zero-order chi connectivity index (χ0) is 18.8. The number of benzene rings is 2. The molecule has 2 aromatic carbocycles. The van der Waals surface area contributed by atoms with Crippen LogP contribution >= 0.6 is 0 Å². The SMILES string of the molecule is Cn1c(=O)c(C(=O)NCc2ccc(-c3ncon3)cc2)cc2ccccc21. The van der Waals surface area contributed by atoms with Crippen molar-refractivity contribution in [2.75, 3.05) is 0 Å². The Bertz CT molecular complexity index is 1160. The number of rotatable bonds is 4. The van der Waals surface area contributed by atoms with Crippen molar-refractivity contribution in [3.05, 3.63) is 82.5 Å². The molecule has 0 bridgehead atoms. The molecule has 7 nitrogen and oxygen atoms in total. The Kier molecular flexibility index (Phi) is 4.25. The van der Waals surface area contributed by atoms with Crippen LogP contribution in [0, 0.1) is 0 Å². The van der Waals surface area contributed by atoms with E-state index in [1.165, 1.54) is 11.0 Å². The molecular weight excluding hydrogens is 344 g/mol. The third-order valence-corrected chi connectivity index (χ3v) is 4.40. The van der Waals surface area contributed by atoms with Gasteiger partial charge < -0.3 is 14.4 Å². The minimum Gasteiger partial charge on any atom is -0.348 e. The van der Waals surface area contributed by atoms with Gasteiger partial charge in [-0.3, -0.25) is 9.59 Å². The maximum Gasteiger partial charge on any atom is 0.263 e. The number of aryl methyl sites for hydroxylation is 1. The van der Waals surface area contributed by atoms with Gasteiger partial charge in [0, 0.05) is 19.2 Å². The number of hydrogen-bond acceptors (Lipinski definition) is 5. The minimum absolute atomic E-state index is 0.125. The van der Waals surface area contributed by atoms with Gasteiger partial charge in [-0.05, 0) is 23.1 Å². The molecule has 2 aromatic heterocycles. The molecule has 0 unspecified atom stereocenters. The molecule has 4 aromatic rings. The van der Waals surface area contributed by atoms with E-state index in [-0.39, 0.29) is 11.1 Å². The molecule has 0 radical (unpaired) electrons. The number of hydrogen-bond donors (Lipinski definition) is 1. The molecule has 134 valence electrons. The highest BCUT2D eigenvalue weighted by Crippen LogP contribution is 2.15. The lowest BCUT2D eigenvalue weighted by Gasteiger charge is -2.09. The van der Waals surface area contributed by atoms with Gasteiger partial charge in [-0.25, -0.2) is 0 Å². The lowest BCUT2D eigenvalue weighted by atomic mass is 10.1. The van der Waals surface area contributed by atoms with Crippen molar-refractivity contribution in [1.82, 2.24) is 20.0 Å². The van der Waals surface area contributed by atoms with Gasteiger partial charge in [-0.1, -0.05) is 47.6 Å². The first kappa shape index (κ1) is 16.7. The third kappa shape index (κ3) is 3.22. The summed E-state index contributed by atoms with van der Waals surface area (Å²) < 4.78 is 6.22. The summed E-state index contributed by atoms with van der Waals surface area (Å²) in [5, 5.41) is 7.42. The van der Waals surface area contributed by atoms with E-state index in [2.05, 4.69) is 15.5 Å². The number of carbonyl (C=O) groups is 1. The minimum atomic E-state index is -0.399. The van der Waals surface area contributed by atoms with Crippen molar-refractivity contribution in [2.24, 2.45) is 7.05 Å². The van der Waals surface area contributed by atoms with Crippen LogP contribution in [-0.4, -0.2) is 20.6 Å². The van der Waals surface area contributed by atoms with Gasteiger partial charge in [-0.2, -0.15) is 4.98 Å². The Morgan fingerprint density at radius 1 is 1.15 bits per heavy atom. The molecule has 0 saturated carbocycles. The van der Waals surface area contributed by atoms with Crippen LogP contribution in [-0.2, 0) is 13.6 Å². The molecule has 4 rings (SSSR count). The van der Waals surface area contributed by atoms with Gasteiger partial charge in [0.25, 0.3) is 11.5 Å². The smallest absolute Gasteiger partial charge is 0.263 e. The van der Waals surface area contributed by atoms with Crippen LogP contribution in [0.4, 0.5) is 0 Å². The van der Waals surface area contributed by atoms with Crippen LogP contribution in [0.25, 0.3) is 22.3 Å². The zero-order valence-corrected chi connectivity index (χ0v) is 14.5. The van der Waals surface area contributed by atoms with E-state index in [0.29, 0.717) is 12.4 Å². The Hall–Kier alpha value is -3.74. The van der Waals surface area contributed by atoms with Gasteiger partial charge >= 0.3 is 0 Å². The van der Waals surface area contributed by atoms with Crippen LogP contribution in [0.5, 0.6) is 0 Å². The number of fused-ring (bicyclic) bond motifs is 1. The van der Waals surface area contributed by atoms with Crippen LogP contribution in [0.15, 0.2) is 70.3 Å². The molecular formula is C20H16N4O3. The van der Waals surface area contributed by atoms with E-state index < -0.39 is 5.91 Å². The van der Waals surface area contributed by atoms with E-state index in [0.717, 1.165) is 22.0 Å². The van der Waals surface area contributed by atoms with Gasteiger partial charge in [-0.15, -0.1) is 0 Å². The third-order valence-electron chi connectivity index (χ3n) is 4.40. The van der Waals surface area contributed by atoms with Gasteiger partial charge in [0.2, 0.25) is 12.2 Å². The monoisotopic (exact) mass is 360 g/mol. The van der Waals surface area contributed by atoms with E-state index in [1.54, 1.807) is 13.1 Å². The quantitative estimate of drug-likeness (QED) is 0.604. The Morgan fingerprint density at radius 2 is 1.93 bits per heavy atom. The van der Waals surface area contributed by atoms with Crippen molar-refractivity contribution < 1.29 is 9.32 Å². The van der Waals surface area contributed by atoms with Gasteiger partial charge in [0.1, 0.15) is 5.56 Å². The predicted octanol–water partition coefficient (Wildman–Crippen LogP) is 2.52. The van der Waals surface area contributed by atoms with Crippen LogP contribution in [0.3, 0.4) is 0 Å². The molecule has 2 heterocycles. The van der Waals surface area contributed by atoms with Crippen LogP contribution in [0.1, 0.15) is 15.9 Å².